The van der Waals surface area contributed by atoms with Crippen LogP contribution in [0.1, 0.15) is 69.2 Å². The number of carbonyl (C=O) groups is 2. The molecule has 24 heavy (non-hydrogen) atoms. The van der Waals surface area contributed by atoms with Gasteiger partial charge in [-0.3, -0.25) is 9.59 Å². The number of hydrogen-bond donors (Lipinski definition) is 0. The van der Waals surface area contributed by atoms with Gasteiger partial charge in [-0.15, -0.1) is 10.2 Å². The molecule has 140 valence electrons. The fourth-order valence-corrected chi connectivity index (χ4v) is 1.35. The molecule has 0 fully saturated rings. The van der Waals surface area contributed by atoms with Crippen LogP contribution in [-0.4, -0.2) is 23.4 Å². The predicted molar refractivity (Wildman–Crippen MR) is 93.2 cm³/mol. The van der Waals surface area contributed by atoms with Gasteiger partial charge in [0.05, 0.1) is 11.8 Å². The largest absolute Gasteiger partial charge is 0.435 e. The first-order valence-electron chi connectivity index (χ1n) is 8.65. The molecule has 2 unspecified atom stereocenters. The fraction of sp³-hybridized carbons (Fsp3) is 0.889. The normalized spacial score (nSPS) is 17.4. The summed E-state index contributed by atoms with van der Waals surface area (Å²) in [6, 6.07) is 0. The molecule has 0 radical (unpaired) electrons. The molecule has 6 nitrogen and oxygen atoms in total. The number of carbonyl (C=O) groups excluding carboxylic acids is 2. The Morgan fingerprint density at radius 3 is 1.08 bits per heavy atom. The summed E-state index contributed by atoms with van der Waals surface area (Å²) >= 11 is 0. The second-order valence-electron chi connectivity index (χ2n) is 7.77. The molecule has 0 N–H and O–H groups in total. The first-order valence-corrected chi connectivity index (χ1v) is 8.65. The van der Waals surface area contributed by atoms with Crippen molar-refractivity contribution >= 4 is 11.9 Å². The Morgan fingerprint density at radius 1 is 0.667 bits per heavy atom. The van der Waals surface area contributed by atoms with Crippen molar-refractivity contribution in [3.05, 3.63) is 0 Å². The van der Waals surface area contributed by atoms with E-state index in [1.54, 1.807) is 41.5 Å². The molecule has 0 aromatic heterocycles. The maximum absolute atomic E-state index is 12.0. The Kier molecular flexibility index (Phi) is 8.06. The van der Waals surface area contributed by atoms with E-state index in [1.807, 2.05) is 27.7 Å². The Balaban J connectivity index is 5.54. The number of azo groups is 1. The second kappa shape index (κ2) is 8.58. The van der Waals surface area contributed by atoms with Crippen molar-refractivity contribution in [2.24, 2.45) is 33.9 Å². The van der Waals surface area contributed by atoms with Gasteiger partial charge in [-0.1, -0.05) is 55.4 Å². The number of ether oxygens (including phenoxy) is 2. The van der Waals surface area contributed by atoms with Crippen molar-refractivity contribution in [2.75, 3.05) is 0 Å². The van der Waals surface area contributed by atoms with E-state index in [1.165, 1.54) is 0 Å². The van der Waals surface area contributed by atoms with Gasteiger partial charge in [0.2, 0.25) is 11.4 Å². The van der Waals surface area contributed by atoms with Crippen LogP contribution in [0.3, 0.4) is 0 Å². The molecule has 6 heteroatoms. The standard InChI is InChI=1S/C18H34N2O4/c1-11(2)15(21)23-17(9,13(5)6)19-20-18(10,14(7)8)24-16(22)12(3)4/h11-14H,1-10H3. The predicted octanol–water partition coefficient (Wildman–Crippen LogP) is 4.58. The SMILES string of the molecule is CC(C)C(=O)OC(C)(N=NC(C)(OC(=O)C(C)C)C(C)C)C(C)C. The molecule has 0 saturated heterocycles. The van der Waals surface area contributed by atoms with Crippen LogP contribution in [0.4, 0.5) is 0 Å². The molecule has 0 saturated carbocycles. The maximum atomic E-state index is 12.0. The number of nitrogens with zero attached hydrogens (tertiary/aromatic N) is 2. The summed E-state index contributed by atoms with van der Waals surface area (Å²) in [4.78, 5) is 24.0. The topological polar surface area (TPSA) is 77.3 Å². The van der Waals surface area contributed by atoms with Gasteiger partial charge in [0.1, 0.15) is 0 Å². The van der Waals surface area contributed by atoms with Crippen LogP contribution in [0.25, 0.3) is 0 Å². The lowest BCUT2D eigenvalue weighted by Gasteiger charge is -2.33. The fourth-order valence-electron chi connectivity index (χ4n) is 1.35. The van der Waals surface area contributed by atoms with Gasteiger partial charge in [0, 0.05) is 11.8 Å². The van der Waals surface area contributed by atoms with E-state index in [0.29, 0.717) is 0 Å². The zero-order valence-electron chi connectivity index (χ0n) is 16.8. The van der Waals surface area contributed by atoms with E-state index in [0.717, 1.165) is 0 Å². The molecular formula is C18H34N2O4. The zero-order valence-corrected chi connectivity index (χ0v) is 16.8. The van der Waals surface area contributed by atoms with Crippen LogP contribution >= 0.6 is 0 Å². The van der Waals surface area contributed by atoms with Crippen LogP contribution in [-0.2, 0) is 19.1 Å². The monoisotopic (exact) mass is 342 g/mol. The number of hydrogen-bond acceptors (Lipinski definition) is 6. The van der Waals surface area contributed by atoms with Crippen LogP contribution < -0.4 is 0 Å². The van der Waals surface area contributed by atoms with Crippen molar-refractivity contribution in [3.63, 3.8) is 0 Å². The number of rotatable bonds is 8. The van der Waals surface area contributed by atoms with Crippen molar-refractivity contribution in [3.8, 4) is 0 Å². The summed E-state index contributed by atoms with van der Waals surface area (Å²) in [7, 11) is 0. The molecule has 0 spiro atoms. The minimum absolute atomic E-state index is 0.0823. The first-order chi connectivity index (χ1) is 10.7. The average Bonchev–Trinajstić information content (AvgIpc) is 2.44. The van der Waals surface area contributed by atoms with E-state index < -0.39 is 11.4 Å². The second-order valence-corrected chi connectivity index (χ2v) is 7.77. The molecule has 0 aromatic carbocycles. The molecule has 0 aliphatic rings. The van der Waals surface area contributed by atoms with Crippen LogP contribution in [0, 0.1) is 23.7 Å². The summed E-state index contributed by atoms with van der Waals surface area (Å²) < 4.78 is 11.1. The van der Waals surface area contributed by atoms with Gasteiger partial charge in [-0.25, -0.2) is 0 Å². The molecule has 0 aromatic rings. The van der Waals surface area contributed by atoms with E-state index >= 15 is 0 Å². The first kappa shape index (κ1) is 22.5. The Morgan fingerprint density at radius 2 is 0.917 bits per heavy atom. The van der Waals surface area contributed by atoms with Crippen molar-refractivity contribution < 1.29 is 19.1 Å². The minimum Gasteiger partial charge on any atom is -0.435 e. The average molecular weight is 342 g/mol. The molecule has 0 aliphatic heterocycles. The highest BCUT2D eigenvalue weighted by atomic mass is 16.6. The summed E-state index contributed by atoms with van der Waals surface area (Å²) in [5.41, 5.74) is -2.22. The Bertz CT molecular complexity index is 430. The summed E-state index contributed by atoms with van der Waals surface area (Å²) in [6.07, 6.45) is 0. The molecule has 0 aliphatic carbocycles. The summed E-state index contributed by atoms with van der Waals surface area (Å²) in [5, 5.41) is 8.58. The quantitative estimate of drug-likeness (QED) is 0.478. The van der Waals surface area contributed by atoms with Gasteiger partial charge < -0.3 is 9.47 Å². The lowest BCUT2D eigenvalue weighted by molar-refractivity contribution is -0.173. The van der Waals surface area contributed by atoms with Gasteiger partial charge in [-0.05, 0) is 13.8 Å². The molecule has 0 bridgehead atoms. The minimum atomic E-state index is -1.11. The third kappa shape index (κ3) is 6.21. The number of esters is 2. The van der Waals surface area contributed by atoms with Crippen LogP contribution in [0.2, 0.25) is 0 Å². The molecule has 0 rings (SSSR count). The zero-order chi connectivity index (χ0) is 19.3. The highest BCUT2D eigenvalue weighted by Gasteiger charge is 2.38. The molecular weight excluding hydrogens is 308 g/mol. The Labute approximate surface area is 146 Å². The third-order valence-electron chi connectivity index (χ3n) is 4.15. The van der Waals surface area contributed by atoms with E-state index in [-0.39, 0.29) is 35.6 Å². The van der Waals surface area contributed by atoms with Crippen LogP contribution in [0.15, 0.2) is 10.2 Å². The molecule has 0 amide bonds. The Hall–Kier alpha value is -1.46. The van der Waals surface area contributed by atoms with Crippen molar-refractivity contribution in [1.82, 2.24) is 0 Å². The lowest BCUT2D eigenvalue weighted by Crippen LogP contribution is -2.40. The molecule has 0 heterocycles. The van der Waals surface area contributed by atoms with Crippen molar-refractivity contribution in [2.45, 2.75) is 80.7 Å². The summed E-state index contributed by atoms with van der Waals surface area (Å²) in [5.74, 6) is -1.35. The van der Waals surface area contributed by atoms with Gasteiger partial charge in [0.25, 0.3) is 0 Å². The highest BCUT2D eigenvalue weighted by Crippen LogP contribution is 2.30. The van der Waals surface area contributed by atoms with Crippen LogP contribution in [0.5, 0.6) is 0 Å². The smallest absolute Gasteiger partial charge is 0.310 e. The van der Waals surface area contributed by atoms with Crippen molar-refractivity contribution in [1.29, 1.82) is 0 Å². The third-order valence-corrected chi connectivity index (χ3v) is 4.15. The van der Waals surface area contributed by atoms with E-state index in [2.05, 4.69) is 10.2 Å². The van der Waals surface area contributed by atoms with Gasteiger partial charge in [-0.2, -0.15) is 0 Å². The summed E-state index contributed by atoms with van der Waals surface area (Å²) in [6.45, 7) is 18.1. The van der Waals surface area contributed by atoms with Gasteiger partial charge >= 0.3 is 11.9 Å². The van der Waals surface area contributed by atoms with E-state index in [4.69, 9.17) is 9.47 Å². The maximum Gasteiger partial charge on any atom is 0.310 e. The lowest BCUT2D eigenvalue weighted by atomic mass is 10.0. The van der Waals surface area contributed by atoms with Gasteiger partial charge in [0.15, 0.2) is 0 Å². The van der Waals surface area contributed by atoms with E-state index in [9.17, 15) is 9.59 Å². The highest BCUT2D eigenvalue weighted by molar-refractivity contribution is 5.72. The molecule has 2 atom stereocenters.